The van der Waals surface area contributed by atoms with Crippen molar-refractivity contribution in [2.45, 2.75) is 57.7 Å². The van der Waals surface area contributed by atoms with Crippen LogP contribution in [-0.4, -0.2) is 35.4 Å². The Balaban J connectivity index is 2.02. The van der Waals surface area contributed by atoms with Crippen LogP contribution >= 0.6 is 0 Å². The minimum absolute atomic E-state index is 0.376. The van der Waals surface area contributed by atoms with Crippen molar-refractivity contribution in [3.63, 3.8) is 0 Å². The van der Waals surface area contributed by atoms with Crippen LogP contribution in [0.15, 0.2) is 6.33 Å². The van der Waals surface area contributed by atoms with Crippen molar-refractivity contribution in [1.82, 2.24) is 9.97 Å². The molecule has 1 saturated carbocycles. The van der Waals surface area contributed by atoms with E-state index in [1.165, 1.54) is 0 Å². The topological polar surface area (TPSA) is 53.5 Å². The van der Waals surface area contributed by atoms with Gasteiger partial charge in [-0.05, 0) is 40.5 Å². The van der Waals surface area contributed by atoms with Crippen molar-refractivity contribution in [2.24, 2.45) is 0 Å². The van der Waals surface area contributed by atoms with Gasteiger partial charge < -0.3 is 14.0 Å². The number of hydrogen-bond donors (Lipinski definition) is 0. The lowest BCUT2D eigenvalue weighted by molar-refractivity contribution is 0.00578. The normalized spacial score (nSPS) is 23.9. The van der Waals surface area contributed by atoms with E-state index in [9.17, 15) is 0 Å². The van der Waals surface area contributed by atoms with Gasteiger partial charge in [-0.2, -0.15) is 0 Å². The third-order valence-electron chi connectivity index (χ3n) is 4.52. The van der Waals surface area contributed by atoms with E-state index in [0.717, 1.165) is 24.0 Å². The molecule has 2 fully saturated rings. The summed E-state index contributed by atoms with van der Waals surface area (Å²) in [6.07, 6.45) is 3.88. The first kappa shape index (κ1) is 13.8. The summed E-state index contributed by atoms with van der Waals surface area (Å²) in [6, 6.07) is 0. The Morgan fingerprint density at radius 1 is 1.15 bits per heavy atom. The maximum absolute atomic E-state index is 6.13. The van der Waals surface area contributed by atoms with Crippen molar-refractivity contribution < 1.29 is 14.0 Å². The maximum Gasteiger partial charge on any atom is 0.502 e. The zero-order chi connectivity index (χ0) is 14.5. The predicted molar refractivity (Wildman–Crippen MR) is 76.3 cm³/mol. The van der Waals surface area contributed by atoms with Crippen molar-refractivity contribution in [1.29, 1.82) is 0 Å². The van der Waals surface area contributed by atoms with Gasteiger partial charge in [0, 0.05) is 5.92 Å². The van der Waals surface area contributed by atoms with Gasteiger partial charge in [0.15, 0.2) is 0 Å². The van der Waals surface area contributed by atoms with Crippen LogP contribution < -0.4 is 10.2 Å². The third kappa shape index (κ3) is 2.11. The second-order valence-electron chi connectivity index (χ2n) is 6.54. The first-order chi connectivity index (χ1) is 9.36. The molecule has 0 amide bonds. The second-order valence-corrected chi connectivity index (χ2v) is 6.54. The summed E-state index contributed by atoms with van der Waals surface area (Å²) in [7, 11) is 1.15. The van der Waals surface area contributed by atoms with Crippen molar-refractivity contribution >= 4 is 12.6 Å². The molecule has 0 N–H and O–H groups in total. The molecule has 0 radical (unpaired) electrons. The zero-order valence-electron chi connectivity index (χ0n) is 12.8. The van der Waals surface area contributed by atoms with Crippen LogP contribution in [0.2, 0.25) is 0 Å². The van der Waals surface area contributed by atoms with Crippen LogP contribution in [0.25, 0.3) is 0 Å². The molecule has 0 unspecified atom stereocenters. The molecule has 0 bridgehead atoms. The molecule has 3 rings (SSSR count). The van der Waals surface area contributed by atoms with Crippen LogP contribution in [0.5, 0.6) is 5.88 Å². The Morgan fingerprint density at radius 3 is 2.25 bits per heavy atom. The lowest BCUT2D eigenvalue weighted by atomic mass is 9.77. The molecule has 2 aliphatic rings. The van der Waals surface area contributed by atoms with Crippen molar-refractivity contribution in [3.8, 4) is 5.88 Å². The van der Waals surface area contributed by atoms with E-state index in [0.29, 0.717) is 11.8 Å². The first-order valence-electron chi connectivity index (χ1n) is 7.10. The van der Waals surface area contributed by atoms with Crippen LogP contribution in [0.4, 0.5) is 0 Å². The Hall–Kier alpha value is -1.14. The van der Waals surface area contributed by atoms with E-state index in [1.54, 1.807) is 13.4 Å². The average molecular weight is 276 g/mol. The Labute approximate surface area is 120 Å². The molecule has 20 heavy (non-hydrogen) atoms. The number of ether oxygens (including phenoxy) is 1. The van der Waals surface area contributed by atoms with Crippen LogP contribution in [0.3, 0.4) is 0 Å². The number of methoxy groups -OCH3 is 1. The Bertz CT molecular complexity index is 513. The van der Waals surface area contributed by atoms with Gasteiger partial charge in [-0.15, -0.1) is 0 Å². The second kappa shape index (κ2) is 4.43. The Morgan fingerprint density at radius 2 is 1.75 bits per heavy atom. The predicted octanol–water partition coefficient (Wildman–Crippen LogP) is 1.66. The largest absolute Gasteiger partial charge is 0.502 e. The molecular weight excluding hydrogens is 255 g/mol. The van der Waals surface area contributed by atoms with Gasteiger partial charge in [-0.1, -0.05) is 0 Å². The summed E-state index contributed by atoms with van der Waals surface area (Å²) in [5.41, 5.74) is 1.12. The molecule has 0 aromatic carbocycles. The summed E-state index contributed by atoms with van der Waals surface area (Å²) < 4.78 is 17.7. The van der Waals surface area contributed by atoms with E-state index in [4.69, 9.17) is 14.0 Å². The molecule has 1 aromatic heterocycles. The summed E-state index contributed by atoms with van der Waals surface area (Å²) >= 11 is 0. The highest BCUT2D eigenvalue weighted by molar-refractivity contribution is 6.63. The molecule has 5 nitrogen and oxygen atoms in total. The summed E-state index contributed by atoms with van der Waals surface area (Å²) in [5, 5.41) is 0. The van der Waals surface area contributed by atoms with Gasteiger partial charge in [0.2, 0.25) is 5.88 Å². The fourth-order valence-electron chi connectivity index (χ4n) is 2.42. The van der Waals surface area contributed by atoms with Crippen LogP contribution in [0.1, 0.15) is 52.1 Å². The van der Waals surface area contributed by atoms with Crippen LogP contribution in [0, 0.1) is 0 Å². The van der Waals surface area contributed by atoms with Gasteiger partial charge in [-0.25, -0.2) is 9.97 Å². The van der Waals surface area contributed by atoms with Crippen LogP contribution in [-0.2, 0) is 9.31 Å². The summed E-state index contributed by atoms with van der Waals surface area (Å²) in [4.78, 5) is 8.65. The van der Waals surface area contributed by atoms with Gasteiger partial charge in [0.25, 0.3) is 0 Å². The summed E-state index contributed by atoms with van der Waals surface area (Å²) in [6.45, 7) is 8.17. The van der Waals surface area contributed by atoms with E-state index < -0.39 is 7.12 Å². The van der Waals surface area contributed by atoms with Gasteiger partial charge in [0.05, 0.1) is 29.5 Å². The maximum atomic E-state index is 6.13. The fraction of sp³-hybridized carbons (Fsp3) is 0.714. The smallest absolute Gasteiger partial charge is 0.481 e. The number of rotatable bonds is 3. The molecule has 0 spiro atoms. The molecule has 108 valence electrons. The quantitative estimate of drug-likeness (QED) is 0.786. The van der Waals surface area contributed by atoms with Gasteiger partial charge >= 0.3 is 7.12 Å². The minimum Gasteiger partial charge on any atom is -0.481 e. The average Bonchev–Trinajstić information content (AvgIpc) is 3.17. The highest BCUT2D eigenvalue weighted by Gasteiger charge is 2.54. The standard InChI is InChI=1S/C14H21BN2O3/c1-13(2)14(3,4)20-15(19-13)10-11(9-6-7-9)16-8-17-12(10)18-5/h8-9H,6-7H2,1-5H3. The number of nitrogens with zero attached hydrogens (tertiary/aromatic N) is 2. The number of aromatic nitrogens is 2. The number of hydrogen-bond acceptors (Lipinski definition) is 5. The molecule has 6 heteroatoms. The first-order valence-corrected chi connectivity index (χ1v) is 7.10. The highest BCUT2D eigenvalue weighted by Crippen LogP contribution is 2.41. The van der Waals surface area contributed by atoms with Crippen molar-refractivity contribution in [3.05, 3.63) is 12.0 Å². The monoisotopic (exact) mass is 276 g/mol. The van der Waals surface area contributed by atoms with Gasteiger partial charge in [-0.3, -0.25) is 0 Å². The minimum atomic E-state index is -0.466. The van der Waals surface area contributed by atoms with E-state index >= 15 is 0 Å². The highest BCUT2D eigenvalue weighted by atomic mass is 16.7. The molecule has 1 saturated heterocycles. The zero-order valence-corrected chi connectivity index (χ0v) is 12.8. The molecule has 2 heterocycles. The molecule has 1 aliphatic heterocycles. The lowest BCUT2D eigenvalue weighted by Gasteiger charge is -2.32. The lowest BCUT2D eigenvalue weighted by Crippen LogP contribution is -2.41. The molecule has 0 atom stereocenters. The SMILES string of the molecule is COc1ncnc(C2CC2)c1B1OC(C)(C)C(C)(C)O1. The molecular formula is C14H21BN2O3. The van der Waals surface area contributed by atoms with Crippen molar-refractivity contribution in [2.75, 3.05) is 7.11 Å². The van der Waals surface area contributed by atoms with E-state index in [1.807, 2.05) is 27.7 Å². The fourth-order valence-corrected chi connectivity index (χ4v) is 2.42. The van der Waals surface area contributed by atoms with Gasteiger partial charge in [0.1, 0.15) is 6.33 Å². The summed E-state index contributed by atoms with van der Waals surface area (Å²) in [5.74, 6) is 1.04. The van der Waals surface area contributed by atoms with E-state index in [-0.39, 0.29) is 11.2 Å². The molecule has 1 aromatic rings. The molecule has 1 aliphatic carbocycles. The third-order valence-corrected chi connectivity index (χ3v) is 4.52. The Kier molecular flexibility index (Phi) is 3.06. The van der Waals surface area contributed by atoms with E-state index in [2.05, 4.69) is 9.97 Å².